The van der Waals surface area contributed by atoms with Gasteiger partial charge in [-0.1, -0.05) is 11.8 Å². The number of nitrogens with zero attached hydrogens (tertiary/aromatic N) is 3. The van der Waals surface area contributed by atoms with E-state index in [9.17, 15) is 4.79 Å². The van der Waals surface area contributed by atoms with E-state index in [2.05, 4.69) is 20.8 Å². The number of hydrogen-bond acceptors (Lipinski definition) is 5. The maximum Gasteiger partial charge on any atom is 0.272 e. The molecule has 1 saturated carbocycles. The highest BCUT2D eigenvalue weighted by molar-refractivity contribution is 8.01. The monoisotopic (exact) mass is 362 g/mol. The third kappa shape index (κ3) is 3.52. The smallest absolute Gasteiger partial charge is 0.272 e. The van der Waals surface area contributed by atoms with Gasteiger partial charge in [0.15, 0.2) is 0 Å². The molecule has 3 heterocycles. The number of aromatic nitrogens is 3. The van der Waals surface area contributed by atoms with Crippen molar-refractivity contribution in [2.24, 2.45) is 0 Å². The van der Waals surface area contributed by atoms with Gasteiger partial charge in [-0.15, -0.1) is 11.3 Å². The van der Waals surface area contributed by atoms with Crippen LogP contribution >= 0.6 is 23.1 Å². The number of aryl methyl sites for hydroxylation is 3. The quantitative estimate of drug-likeness (QED) is 0.905. The first-order valence-electron chi connectivity index (χ1n) is 8.64. The Hall–Kier alpha value is -1.34. The van der Waals surface area contributed by atoms with E-state index in [0.717, 1.165) is 50.8 Å². The lowest BCUT2D eigenvalue weighted by Gasteiger charge is -2.28. The molecule has 2 aliphatic rings. The number of hydrogen-bond donors (Lipinski definition) is 1. The number of amides is 1. The summed E-state index contributed by atoms with van der Waals surface area (Å²) in [5.41, 5.74) is 2.88. The summed E-state index contributed by atoms with van der Waals surface area (Å²) in [4.78, 5) is 16.9. The molecule has 5 nitrogen and oxygen atoms in total. The zero-order valence-electron chi connectivity index (χ0n) is 13.8. The van der Waals surface area contributed by atoms with Crippen molar-refractivity contribution in [3.63, 3.8) is 0 Å². The fourth-order valence-corrected chi connectivity index (χ4v) is 5.77. The summed E-state index contributed by atoms with van der Waals surface area (Å²) in [7, 11) is 0. The molecular formula is C17H22N4OS2. The van der Waals surface area contributed by atoms with Crippen LogP contribution in [0.15, 0.2) is 15.8 Å². The molecule has 2 aromatic rings. The van der Waals surface area contributed by atoms with Crippen molar-refractivity contribution in [2.45, 2.75) is 67.6 Å². The minimum absolute atomic E-state index is 0.0106. The Balaban J connectivity index is 1.27. The molecule has 128 valence electrons. The van der Waals surface area contributed by atoms with Gasteiger partial charge in [0, 0.05) is 34.6 Å². The molecule has 0 spiro atoms. The van der Waals surface area contributed by atoms with E-state index >= 15 is 0 Å². The van der Waals surface area contributed by atoms with Crippen molar-refractivity contribution >= 4 is 29.0 Å². The Bertz CT molecular complexity index is 709. The zero-order valence-corrected chi connectivity index (χ0v) is 15.5. The largest absolute Gasteiger partial charge is 0.348 e. The van der Waals surface area contributed by atoms with Crippen LogP contribution in [0.25, 0.3) is 0 Å². The molecule has 7 heteroatoms. The Labute approximate surface area is 150 Å². The van der Waals surface area contributed by atoms with Gasteiger partial charge < -0.3 is 5.32 Å². The molecule has 0 unspecified atom stereocenters. The molecule has 2 aromatic heterocycles. The van der Waals surface area contributed by atoms with Crippen LogP contribution in [0.2, 0.25) is 0 Å². The van der Waals surface area contributed by atoms with E-state index in [-0.39, 0.29) is 11.9 Å². The SMILES string of the molecule is Cc1csc(SC2CCC(NC(=O)c3cc4n(n3)CCC4)CC2)n1. The third-order valence-corrected chi connectivity index (χ3v) is 7.20. The molecular weight excluding hydrogens is 340 g/mol. The van der Waals surface area contributed by atoms with Gasteiger partial charge in [0.05, 0.1) is 0 Å². The molecule has 1 fully saturated rings. The van der Waals surface area contributed by atoms with E-state index in [1.165, 1.54) is 10.0 Å². The van der Waals surface area contributed by atoms with E-state index in [1.54, 1.807) is 11.3 Å². The minimum Gasteiger partial charge on any atom is -0.348 e. The van der Waals surface area contributed by atoms with E-state index < -0.39 is 0 Å². The lowest BCUT2D eigenvalue weighted by atomic mass is 9.95. The molecule has 0 bridgehead atoms. The zero-order chi connectivity index (χ0) is 16.5. The molecule has 0 saturated heterocycles. The Morgan fingerprint density at radius 2 is 2.21 bits per heavy atom. The number of carbonyl (C=O) groups excluding carboxylic acids is 1. The minimum atomic E-state index is -0.0106. The first-order valence-corrected chi connectivity index (χ1v) is 10.4. The normalized spacial score (nSPS) is 23.2. The first-order chi connectivity index (χ1) is 11.7. The van der Waals surface area contributed by atoms with Crippen LogP contribution in [-0.2, 0) is 13.0 Å². The van der Waals surface area contributed by atoms with Crippen LogP contribution in [0.3, 0.4) is 0 Å². The molecule has 1 aliphatic carbocycles. The summed E-state index contributed by atoms with van der Waals surface area (Å²) >= 11 is 3.63. The van der Waals surface area contributed by atoms with Crippen molar-refractivity contribution in [1.29, 1.82) is 0 Å². The summed E-state index contributed by atoms with van der Waals surface area (Å²) in [5.74, 6) is -0.0106. The van der Waals surface area contributed by atoms with Gasteiger partial charge >= 0.3 is 0 Å². The standard InChI is InChI=1S/C17H22N4OS2/c1-11-10-23-17(18-11)24-14-6-4-12(5-7-14)19-16(22)15-9-13-3-2-8-21(13)20-15/h9-10,12,14H,2-8H2,1H3,(H,19,22). The average molecular weight is 363 g/mol. The fraction of sp³-hybridized carbons (Fsp3) is 0.588. The van der Waals surface area contributed by atoms with Gasteiger partial charge in [-0.3, -0.25) is 9.48 Å². The van der Waals surface area contributed by atoms with Gasteiger partial charge in [-0.05, 0) is 51.5 Å². The van der Waals surface area contributed by atoms with Crippen LogP contribution in [0.5, 0.6) is 0 Å². The molecule has 0 aromatic carbocycles. The maximum atomic E-state index is 12.4. The Kier molecular flexibility index (Phi) is 4.63. The number of nitrogens with one attached hydrogen (secondary N) is 1. The Morgan fingerprint density at radius 1 is 1.38 bits per heavy atom. The first kappa shape index (κ1) is 16.1. The van der Waals surface area contributed by atoms with Crippen molar-refractivity contribution < 1.29 is 4.79 Å². The molecule has 4 rings (SSSR count). The van der Waals surface area contributed by atoms with Crippen LogP contribution in [0.1, 0.15) is 54.0 Å². The van der Waals surface area contributed by atoms with Crippen LogP contribution in [0, 0.1) is 6.92 Å². The van der Waals surface area contributed by atoms with Crippen LogP contribution in [-0.4, -0.2) is 32.0 Å². The summed E-state index contributed by atoms with van der Waals surface area (Å²) in [6.45, 7) is 2.99. The highest BCUT2D eigenvalue weighted by Crippen LogP contribution is 2.35. The Morgan fingerprint density at radius 3 is 2.92 bits per heavy atom. The number of thioether (sulfide) groups is 1. The average Bonchev–Trinajstić information content (AvgIpc) is 3.25. The molecule has 0 atom stereocenters. The number of fused-ring (bicyclic) bond motifs is 1. The maximum absolute atomic E-state index is 12.4. The summed E-state index contributed by atoms with van der Waals surface area (Å²) < 4.78 is 3.14. The molecule has 0 radical (unpaired) electrons. The van der Waals surface area contributed by atoms with Gasteiger partial charge in [-0.25, -0.2) is 4.98 Å². The second-order valence-electron chi connectivity index (χ2n) is 6.67. The predicted molar refractivity (Wildman–Crippen MR) is 96.8 cm³/mol. The second-order valence-corrected chi connectivity index (χ2v) is 9.07. The van der Waals surface area contributed by atoms with Crippen molar-refractivity contribution in [2.75, 3.05) is 0 Å². The van der Waals surface area contributed by atoms with E-state index in [1.807, 2.05) is 29.4 Å². The lowest BCUT2D eigenvalue weighted by Crippen LogP contribution is -2.38. The summed E-state index contributed by atoms with van der Waals surface area (Å²) in [6, 6.07) is 2.23. The van der Waals surface area contributed by atoms with Gasteiger partial charge in [0.2, 0.25) is 0 Å². The van der Waals surface area contributed by atoms with E-state index in [4.69, 9.17) is 0 Å². The summed E-state index contributed by atoms with van der Waals surface area (Å²) in [5, 5.41) is 10.3. The molecule has 1 N–H and O–H groups in total. The molecule has 1 aliphatic heterocycles. The van der Waals surface area contributed by atoms with Crippen LogP contribution in [0.4, 0.5) is 0 Å². The fourth-order valence-electron chi connectivity index (χ4n) is 3.48. The lowest BCUT2D eigenvalue weighted by molar-refractivity contribution is 0.0922. The molecule has 1 amide bonds. The third-order valence-electron chi connectivity index (χ3n) is 4.77. The van der Waals surface area contributed by atoms with Gasteiger partial charge in [0.1, 0.15) is 10.0 Å². The van der Waals surface area contributed by atoms with Crippen LogP contribution < -0.4 is 5.32 Å². The van der Waals surface area contributed by atoms with Gasteiger partial charge in [-0.2, -0.15) is 5.10 Å². The van der Waals surface area contributed by atoms with Gasteiger partial charge in [0.25, 0.3) is 5.91 Å². The summed E-state index contributed by atoms with van der Waals surface area (Å²) in [6.07, 6.45) is 6.54. The number of rotatable bonds is 4. The van der Waals surface area contributed by atoms with Crippen molar-refractivity contribution in [1.82, 2.24) is 20.1 Å². The highest BCUT2D eigenvalue weighted by Gasteiger charge is 2.25. The topological polar surface area (TPSA) is 59.8 Å². The second kappa shape index (κ2) is 6.88. The van der Waals surface area contributed by atoms with Crippen molar-refractivity contribution in [3.05, 3.63) is 28.5 Å². The highest BCUT2D eigenvalue weighted by atomic mass is 32.2. The molecule has 24 heavy (non-hydrogen) atoms. The number of thiazole rings is 1. The van der Waals surface area contributed by atoms with Crippen molar-refractivity contribution in [3.8, 4) is 0 Å². The predicted octanol–water partition coefficient (Wildman–Crippen LogP) is 3.43. The number of carbonyl (C=O) groups is 1. The van der Waals surface area contributed by atoms with E-state index in [0.29, 0.717) is 10.9 Å².